The molecule has 1 heterocycles. The summed E-state index contributed by atoms with van der Waals surface area (Å²) >= 11 is 0. The largest absolute Gasteiger partial charge is 0.335 e. The zero-order chi connectivity index (χ0) is 19.9. The number of nitrogens with zero attached hydrogens (tertiary/aromatic N) is 2. The van der Waals surface area contributed by atoms with Crippen molar-refractivity contribution in [3.63, 3.8) is 0 Å². The summed E-state index contributed by atoms with van der Waals surface area (Å²) in [6.45, 7) is 8.53. The summed E-state index contributed by atoms with van der Waals surface area (Å²) in [7, 11) is 0. The first-order valence-corrected chi connectivity index (χ1v) is 10.6. The van der Waals surface area contributed by atoms with Crippen LogP contribution < -0.4 is 10.6 Å². The lowest BCUT2D eigenvalue weighted by atomic mass is 9.96. The zero-order valence-electron chi connectivity index (χ0n) is 17.2. The van der Waals surface area contributed by atoms with E-state index >= 15 is 0 Å². The Bertz CT molecular complexity index is 664. The van der Waals surface area contributed by atoms with Crippen LogP contribution in [0, 0.1) is 6.92 Å². The number of aryl methyl sites for hydroxylation is 1. The highest BCUT2D eigenvalue weighted by atomic mass is 16.2. The molecule has 1 saturated heterocycles. The number of imide groups is 1. The fourth-order valence-corrected chi connectivity index (χ4v) is 4.19. The van der Waals surface area contributed by atoms with Crippen LogP contribution in [0.3, 0.4) is 0 Å². The van der Waals surface area contributed by atoms with Crippen molar-refractivity contribution in [1.29, 1.82) is 0 Å². The van der Waals surface area contributed by atoms with Gasteiger partial charge in [-0.05, 0) is 37.8 Å². The highest BCUT2D eigenvalue weighted by molar-refractivity contribution is 5.96. The summed E-state index contributed by atoms with van der Waals surface area (Å²) in [6, 6.07) is 8.06. The molecule has 0 bridgehead atoms. The third kappa shape index (κ3) is 5.79. The van der Waals surface area contributed by atoms with Gasteiger partial charge in [0.25, 0.3) is 0 Å². The van der Waals surface area contributed by atoms with E-state index in [1.807, 2.05) is 6.92 Å². The number of carbonyl (C=O) groups is 2. The predicted molar refractivity (Wildman–Crippen MR) is 111 cm³/mol. The maximum atomic E-state index is 12.5. The van der Waals surface area contributed by atoms with Gasteiger partial charge in [-0.1, -0.05) is 43.5 Å². The average Bonchev–Trinajstić information content (AvgIpc) is 2.70. The summed E-state index contributed by atoms with van der Waals surface area (Å²) < 4.78 is 0. The number of carbonyl (C=O) groups excluding carboxylic acids is 2. The fourth-order valence-electron chi connectivity index (χ4n) is 4.19. The van der Waals surface area contributed by atoms with Crippen LogP contribution in [0.15, 0.2) is 24.3 Å². The molecule has 2 N–H and O–H groups in total. The number of hydrogen-bond acceptors (Lipinski definition) is 4. The number of nitrogens with one attached hydrogen (secondary N) is 2. The van der Waals surface area contributed by atoms with Crippen molar-refractivity contribution in [2.75, 3.05) is 26.2 Å². The van der Waals surface area contributed by atoms with Crippen molar-refractivity contribution >= 4 is 11.9 Å². The minimum Gasteiger partial charge on any atom is -0.335 e. The molecule has 1 aromatic rings. The normalized spacial score (nSPS) is 20.5. The molecule has 1 atom stereocenters. The molecule has 0 spiro atoms. The number of benzene rings is 1. The van der Waals surface area contributed by atoms with Gasteiger partial charge in [0, 0.05) is 38.8 Å². The second kappa shape index (κ2) is 10.0. The molecule has 0 radical (unpaired) electrons. The number of amides is 3. The molecule has 0 aromatic heterocycles. The number of piperazine rings is 1. The Labute approximate surface area is 168 Å². The van der Waals surface area contributed by atoms with Crippen molar-refractivity contribution in [2.24, 2.45) is 0 Å². The molecule has 28 heavy (non-hydrogen) atoms. The van der Waals surface area contributed by atoms with E-state index in [9.17, 15) is 9.59 Å². The van der Waals surface area contributed by atoms with Gasteiger partial charge in [0.1, 0.15) is 0 Å². The van der Waals surface area contributed by atoms with Crippen LogP contribution >= 0.6 is 0 Å². The van der Waals surface area contributed by atoms with Gasteiger partial charge in [-0.15, -0.1) is 0 Å². The highest BCUT2D eigenvalue weighted by Crippen LogP contribution is 2.17. The van der Waals surface area contributed by atoms with E-state index in [-0.39, 0.29) is 24.0 Å². The number of hydrogen-bond donors (Lipinski definition) is 2. The Morgan fingerprint density at radius 3 is 2.43 bits per heavy atom. The van der Waals surface area contributed by atoms with Gasteiger partial charge in [0.2, 0.25) is 5.91 Å². The van der Waals surface area contributed by atoms with Crippen LogP contribution in [-0.4, -0.2) is 60.0 Å². The summed E-state index contributed by atoms with van der Waals surface area (Å²) in [5.74, 6) is -0.208. The molecule has 2 aliphatic rings. The monoisotopic (exact) mass is 386 g/mol. The molecular formula is C22H34N4O2. The van der Waals surface area contributed by atoms with E-state index in [4.69, 9.17) is 0 Å². The van der Waals surface area contributed by atoms with Crippen molar-refractivity contribution in [2.45, 2.75) is 64.6 Å². The van der Waals surface area contributed by atoms with Crippen LogP contribution in [0.5, 0.6) is 0 Å². The molecular weight excluding hydrogens is 352 g/mol. The molecule has 1 aliphatic carbocycles. The topological polar surface area (TPSA) is 64.7 Å². The van der Waals surface area contributed by atoms with E-state index in [0.29, 0.717) is 0 Å². The quantitative estimate of drug-likeness (QED) is 0.817. The maximum Gasteiger partial charge on any atom is 0.321 e. The van der Waals surface area contributed by atoms with Crippen molar-refractivity contribution < 1.29 is 9.59 Å². The molecule has 0 unspecified atom stereocenters. The highest BCUT2D eigenvalue weighted by Gasteiger charge is 2.27. The Hall–Kier alpha value is -1.92. The Balaban J connectivity index is 1.41. The summed E-state index contributed by atoms with van der Waals surface area (Å²) in [5.41, 5.74) is 2.68. The van der Waals surface area contributed by atoms with E-state index in [1.165, 1.54) is 17.5 Å². The van der Waals surface area contributed by atoms with Crippen LogP contribution in [-0.2, 0) is 11.3 Å². The lowest BCUT2D eigenvalue weighted by molar-refractivity contribution is -0.125. The molecule has 1 saturated carbocycles. The molecule has 6 nitrogen and oxygen atoms in total. The third-order valence-electron chi connectivity index (χ3n) is 6.17. The Morgan fingerprint density at radius 2 is 1.75 bits per heavy atom. The summed E-state index contributed by atoms with van der Waals surface area (Å²) in [6.07, 6.45) is 5.58. The standard InChI is InChI=1S/C22H34N4O2/c1-17-8-6-7-9-19(17)16-25-12-14-26(15-13-25)18(2)21(27)24-22(28)23-20-10-4-3-5-11-20/h6-9,18,20H,3-5,10-16H2,1-2H3,(H2,23,24,27,28)/t18-/m1/s1. The van der Waals surface area contributed by atoms with E-state index in [0.717, 1.165) is 58.4 Å². The van der Waals surface area contributed by atoms with E-state index in [1.54, 1.807) is 0 Å². The smallest absolute Gasteiger partial charge is 0.321 e. The molecule has 2 fully saturated rings. The van der Waals surface area contributed by atoms with Crippen molar-refractivity contribution in [3.05, 3.63) is 35.4 Å². The van der Waals surface area contributed by atoms with Gasteiger partial charge in [-0.3, -0.25) is 19.9 Å². The van der Waals surface area contributed by atoms with E-state index in [2.05, 4.69) is 51.6 Å². The first kappa shape index (κ1) is 20.8. The molecule has 6 heteroatoms. The lowest BCUT2D eigenvalue weighted by Crippen LogP contribution is -2.55. The minimum atomic E-state index is -0.345. The molecule has 3 rings (SSSR count). The van der Waals surface area contributed by atoms with Gasteiger partial charge >= 0.3 is 6.03 Å². The van der Waals surface area contributed by atoms with Gasteiger partial charge in [-0.25, -0.2) is 4.79 Å². The second-order valence-electron chi connectivity index (χ2n) is 8.21. The second-order valence-corrected chi connectivity index (χ2v) is 8.21. The van der Waals surface area contributed by atoms with Crippen LogP contribution in [0.1, 0.15) is 50.2 Å². The van der Waals surface area contributed by atoms with Gasteiger partial charge in [0.15, 0.2) is 0 Å². The maximum absolute atomic E-state index is 12.5. The first-order chi connectivity index (χ1) is 13.5. The first-order valence-electron chi connectivity index (χ1n) is 10.6. The third-order valence-corrected chi connectivity index (χ3v) is 6.17. The molecule has 3 amide bonds. The molecule has 1 aromatic carbocycles. The number of urea groups is 1. The van der Waals surface area contributed by atoms with Crippen LogP contribution in [0.25, 0.3) is 0 Å². The fraction of sp³-hybridized carbons (Fsp3) is 0.636. The Kier molecular flexibility index (Phi) is 7.45. The SMILES string of the molecule is Cc1ccccc1CN1CCN([C@H](C)C(=O)NC(=O)NC2CCCCC2)CC1. The van der Waals surface area contributed by atoms with Crippen molar-refractivity contribution in [3.8, 4) is 0 Å². The minimum absolute atomic E-state index is 0.208. The molecule has 154 valence electrons. The van der Waals surface area contributed by atoms with Gasteiger partial charge in [-0.2, -0.15) is 0 Å². The lowest BCUT2D eigenvalue weighted by Gasteiger charge is -2.37. The zero-order valence-corrected chi connectivity index (χ0v) is 17.2. The summed E-state index contributed by atoms with van der Waals surface area (Å²) in [5, 5.41) is 5.49. The van der Waals surface area contributed by atoms with Crippen LogP contribution in [0.2, 0.25) is 0 Å². The molecule has 1 aliphatic heterocycles. The average molecular weight is 387 g/mol. The van der Waals surface area contributed by atoms with Gasteiger partial charge < -0.3 is 5.32 Å². The number of rotatable bonds is 5. The van der Waals surface area contributed by atoms with Gasteiger partial charge in [0.05, 0.1) is 6.04 Å². The van der Waals surface area contributed by atoms with E-state index < -0.39 is 0 Å². The van der Waals surface area contributed by atoms with Crippen molar-refractivity contribution in [1.82, 2.24) is 20.4 Å². The van der Waals surface area contributed by atoms with Crippen LogP contribution in [0.4, 0.5) is 4.79 Å². The Morgan fingerprint density at radius 1 is 1.07 bits per heavy atom. The summed E-state index contributed by atoms with van der Waals surface area (Å²) in [4.78, 5) is 29.2. The predicted octanol–water partition coefficient (Wildman–Crippen LogP) is 2.66.